The van der Waals surface area contributed by atoms with Crippen LogP contribution in [-0.4, -0.2) is 11.4 Å². The summed E-state index contributed by atoms with van der Waals surface area (Å²) in [5, 5.41) is 17.4. The monoisotopic (exact) mass is 342 g/mol. The Kier molecular flexibility index (Phi) is 4.03. The Morgan fingerprint density at radius 3 is 2.19 bits per heavy atom. The lowest BCUT2D eigenvalue weighted by Crippen LogP contribution is -1.97. The van der Waals surface area contributed by atoms with Crippen molar-refractivity contribution in [1.29, 1.82) is 0 Å². The van der Waals surface area contributed by atoms with E-state index in [4.69, 9.17) is 5.73 Å². The molecule has 0 unspecified atom stereocenters. The number of hydrogen-bond acceptors (Lipinski definition) is 4. The van der Waals surface area contributed by atoms with Crippen molar-refractivity contribution in [2.45, 2.75) is 6.54 Å². The van der Waals surface area contributed by atoms with E-state index >= 15 is 0 Å². The quantitative estimate of drug-likeness (QED) is 0.285. The van der Waals surface area contributed by atoms with Gasteiger partial charge in [-0.25, -0.2) is 0 Å². The lowest BCUT2D eigenvalue weighted by Gasteiger charge is -2.14. The van der Waals surface area contributed by atoms with Gasteiger partial charge in [0.2, 0.25) is 0 Å². The minimum atomic E-state index is 0.00443. The molecule has 4 nitrogen and oxygen atoms in total. The lowest BCUT2D eigenvalue weighted by molar-refractivity contribution is 0.112. The van der Waals surface area contributed by atoms with E-state index in [-0.39, 0.29) is 11.3 Å². The van der Waals surface area contributed by atoms with E-state index in [1.54, 1.807) is 6.07 Å². The number of benzene rings is 4. The number of aromatic hydroxyl groups is 1. The van der Waals surface area contributed by atoms with Crippen molar-refractivity contribution in [2.75, 3.05) is 5.32 Å². The summed E-state index contributed by atoms with van der Waals surface area (Å²) in [6, 6.07) is 21.4. The minimum Gasteiger partial charge on any atom is -0.507 e. The van der Waals surface area contributed by atoms with Gasteiger partial charge in [-0.2, -0.15) is 0 Å². The van der Waals surface area contributed by atoms with Gasteiger partial charge in [0.05, 0.1) is 5.56 Å². The van der Waals surface area contributed by atoms with Gasteiger partial charge in [0.25, 0.3) is 0 Å². The molecule has 0 fully saturated rings. The molecule has 0 heterocycles. The highest BCUT2D eigenvalue weighted by molar-refractivity contribution is 6.09. The van der Waals surface area contributed by atoms with Crippen LogP contribution in [0.1, 0.15) is 15.9 Å². The van der Waals surface area contributed by atoms with E-state index in [1.165, 1.54) is 0 Å². The number of carbonyl (C=O) groups excluding carboxylic acids is 1. The molecule has 0 aliphatic rings. The standard InChI is InChI=1S/C22H18N2O2/c23-12-14-5-7-18(8-6-14)24-21-11-17(13-25)22(26)20-10-16-4-2-1-3-15(16)9-19(20)21/h1-11,13,24,26H,12,23H2. The smallest absolute Gasteiger partial charge is 0.153 e. The second-order valence-electron chi connectivity index (χ2n) is 6.25. The Hall–Kier alpha value is -3.37. The number of rotatable bonds is 4. The number of nitrogens with two attached hydrogens (primary N) is 1. The number of carbonyl (C=O) groups is 1. The topological polar surface area (TPSA) is 75.3 Å². The van der Waals surface area contributed by atoms with Gasteiger partial charge in [-0.15, -0.1) is 0 Å². The maximum atomic E-state index is 11.4. The molecule has 0 saturated heterocycles. The van der Waals surface area contributed by atoms with Crippen LogP contribution in [0.15, 0.2) is 66.7 Å². The van der Waals surface area contributed by atoms with Gasteiger partial charge in [-0.3, -0.25) is 4.79 Å². The molecular formula is C22H18N2O2. The average molecular weight is 342 g/mol. The first-order valence-corrected chi connectivity index (χ1v) is 8.39. The van der Waals surface area contributed by atoms with E-state index in [2.05, 4.69) is 5.32 Å². The number of phenolic OH excluding ortho intramolecular Hbond substituents is 1. The van der Waals surface area contributed by atoms with Crippen molar-refractivity contribution < 1.29 is 9.90 Å². The molecule has 0 atom stereocenters. The molecule has 0 aliphatic heterocycles. The van der Waals surface area contributed by atoms with Gasteiger partial charge in [-0.05, 0) is 46.7 Å². The first kappa shape index (κ1) is 16.1. The number of aldehydes is 1. The molecule has 0 saturated carbocycles. The molecule has 4 heteroatoms. The maximum absolute atomic E-state index is 11.4. The average Bonchev–Trinajstić information content (AvgIpc) is 2.69. The third kappa shape index (κ3) is 2.76. The van der Waals surface area contributed by atoms with Crippen LogP contribution in [0.4, 0.5) is 11.4 Å². The third-order valence-corrected chi connectivity index (χ3v) is 4.60. The Morgan fingerprint density at radius 1 is 0.923 bits per heavy atom. The van der Waals surface area contributed by atoms with Crippen LogP contribution in [0.3, 0.4) is 0 Å². The summed E-state index contributed by atoms with van der Waals surface area (Å²) in [5.41, 5.74) is 8.61. The summed E-state index contributed by atoms with van der Waals surface area (Å²) in [4.78, 5) is 11.4. The van der Waals surface area contributed by atoms with Crippen molar-refractivity contribution in [2.24, 2.45) is 5.73 Å². The fourth-order valence-corrected chi connectivity index (χ4v) is 3.19. The fourth-order valence-electron chi connectivity index (χ4n) is 3.19. The van der Waals surface area contributed by atoms with Crippen LogP contribution >= 0.6 is 0 Å². The number of hydrogen-bond donors (Lipinski definition) is 3. The Bertz CT molecular complexity index is 1120. The molecule has 4 aromatic rings. The first-order chi connectivity index (χ1) is 12.7. The fraction of sp³-hybridized carbons (Fsp3) is 0.0455. The molecule has 26 heavy (non-hydrogen) atoms. The second-order valence-corrected chi connectivity index (χ2v) is 6.25. The van der Waals surface area contributed by atoms with Crippen molar-refractivity contribution >= 4 is 39.2 Å². The van der Waals surface area contributed by atoms with Gasteiger partial charge < -0.3 is 16.2 Å². The third-order valence-electron chi connectivity index (χ3n) is 4.60. The molecule has 0 radical (unpaired) electrons. The molecule has 0 bridgehead atoms. The highest BCUT2D eigenvalue weighted by Crippen LogP contribution is 2.37. The van der Waals surface area contributed by atoms with Gasteiger partial charge >= 0.3 is 0 Å². The van der Waals surface area contributed by atoms with Crippen molar-refractivity contribution in [3.8, 4) is 5.75 Å². The van der Waals surface area contributed by atoms with E-state index in [1.807, 2.05) is 60.7 Å². The molecule has 4 N–H and O–H groups in total. The summed E-state index contributed by atoms with van der Waals surface area (Å²) in [6.45, 7) is 0.490. The zero-order chi connectivity index (χ0) is 18.1. The number of fused-ring (bicyclic) bond motifs is 2. The Morgan fingerprint density at radius 2 is 1.58 bits per heavy atom. The molecule has 0 aliphatic carbocycles. The van der Waals surface area contributed by atoms with Crippen LogP contribution < -0.4 is 11.1 Å². The predicted octanol–water partition coefficient (Wildman–Crippen LogP) is 4.71. The van der Waals surface area contributed by atoms with Crippen LogP contribution in [0.2, 0.25) is 0 Å². The predicted molar refractivity (Wildman–Crippen MR) is 106 cm³/mol. The zero-order valence-corrected chi connectivity index (χ0v) is 14.1. The Balaban J connectivity index is 1.92. The molecular weight excluding hydrogens is 324 g/mol. The molecule has 0 amide bonds. The minimum absolute atomic E-state index is 0.00443. The van der Waals surface area contributed by atoms with Crippen LogP contribution in [0, 0.1) is 0 Å². The number of anilines is 2. The zero-order valence-electron chi connectivity index (χ0n) is 14.1. The lowest BCUT2D eigenvalue weighted by atomic mass is 9.99. The summed E-state index contributed by atoms with van der Waals surface area (Å²) in [7, 11) is 0. The molecule has 128 valence electrons. The second kappa shape index (κ2) is 6.50. The van der Waals surface area contributed by atoms with E-state index in [9.17, 15) is 9.90 Å². The van der Waals surface area contributed by atoms with Gasteiger partial charge in [0.15, 0.2) is 6.29 Å². The van der Waals surface area contributed by atoms with Gasteiger partial charge in [0, 0.05) is 28.7 Å². The summed E-state index contributed by atoms with van der Waals surface area (Å²) in [6.07, 6.45) is 0.673. The normalized spacial score (nSPS) is 11.0. The molecule has 4 aromatic carbocycles. The number of nitrogens with one attached hydrogen (secondary N) is 1. The van der Waals surface area contributed by atoms with Crippen molar-refractivity contribution in [1.82, 2.24) is 0 Å². The van der Waals surface area contributed by atoms with E-state index < -0.39 is 0 Å². The van der Waals surface area contributed by atoms with E-state index in [0.29, 0.717) is 18.2 Å². The summed E-state index contributed by atoms with van der Waals surface area (Å²) < 4.78 is 0. The van der Waals surface area contributed by atoms with E-state index in [0.717, 1.165) is 33.1 Å². The van der Waals surface area contributed by atoms with Crippen molar-refractivity contribution in [3.05, 3.63) is 77.9 Å². The summed E-state index contributed by atoms with van der Waals surface area (Å²) in [5.74, 6) is 0.00443. The van der Waals surface area contributed by atoms with Crippen LogP contribution in [0.25, 0.3) is 21.5 Å². The first-order valence-electron chi connectivity index (χ1n) is 8.39. The highest BCUT2D eigenvalue weighted by Gasteiger charge is 2.12. The van der Waals surface area contributed by atoms with Crippen LogP contribution in [0.5, 0.6) is 5.75 Å². The molecule has 0 spiro atoms. The number of phenols is 1. The van der Waals surface area contributed by atoms with Gasteiger partial charge in [0.1, 0.15) is 5.75 Å². The molecule has 4 rings (SSSR count). The van der Waals surface area contributed by atoms with Crippen molar-refractivity contribution in [3.63, 3.8) is 0 Å². The highest BCUT2D eigenvalue weighted by atomic mass is 16.3. The largest absolute Gasteiger partial charge is 0.507 e. The maximum Gasteiger partial charge on any atom is 0.153 e. The van der Waals surface area contributed by atoms with Gasteiger partial charge in [-0.1, -0.05) is 36.4 Å². The van der Waals surface area contributed by atoms with Crippen LogP contribution in [-0.2, 0) is 6.54 Å². The molecule has 0 aromatic heterocycles. The SMILES string of the molecule is NCc1ccc(Nc2cc(C=O)c(O)c3cc4ccccc4cc23)cc1. The Labute approximate surface area is 150 Å². The summed E-state index contributed by atoms with van der Waals surface area (Å²) >= 11 is 0.